The molecule has 0 fully saturated rings. The minimum absolute atomic E-state index is 0.0435. The molecule has 2 rings (SSSR count). The maximum Gasteiger partial charge on any atom is 0.311 e. The molecule has 126 valence electrons. The lowest BCUT2D eigenvalue weighted by atomic mass is 9.86. The van der Waals surface area contributed by atoms with Crippen molar-refractivity contribution in [3.63, 3.8) is 0 Å². The Morgan fingerprint density at radius 3 is 2.48 bits per heavy atom. The van der Waals surface area contributed by atoms with E-state index in [4.69, 9.17) is 9.47 Å². The Kier molecular flexibility index (Phi) is 4.56. The molecule has 1 unspecified atom stereocenters. The third-order valence-corrected chi connectivity index (χ3v) is 4.19. The first-order valence-corrected chi connectivity index (χ1v) is 7.98. The summed E-state index contributed by atoms with van der Waals surface area (Å²) in [7, 11) is 0. The Labute approximate surface area is 138 Å². The molecule has 4 nitrogen and oxygen atoms in total. The molecule has 0 N–H and O–H groups in total. The second kappa shape index (κ2) is 5.99. The molecule has 4 heteroatoms. The van der Waals surface area contributed by atoms with Crippen molar-refractivity contribution in [1.82, 2.24) is 0 Å². The second-order valence-electron chi connectivity index (χ2n) is 7.93. The first kappa shape index (κ1) is 17.5. The molecule has 0 bridgehead atoms. The van der Waals surface area contributed by atoms with E-state index in [0.29, 0.717) is 0 Å². The van der Waals surface area contributed by atoms with Gasteiger partial charge in [-0.3, -0.25) is 9.59 Å². The van der Waals surface area contributed by atoms with Crippen molar-refractivity contribution in [3.8, 4) is 0 Å². The minimum atomic E-state index is -0.526. The first-order chi connectivity index (χ1) is 10.5. The van der Waals surface area contributed by atoms with Gasteiger partial charge in [-0.2, -0.15) is 0 Å². The van der Waals surface area contributed by atoms with Crippen LogP contribution in [0.1, 0.15) is 70.8 Å². The molecule has 0 saturated carbocycles. The highest BCUT2D eigenvalue weighted by Crippen LogP contribution is 2.47. The third kappa shape index (κ3) is 3.92. The van der Waals surface area contributed by atoms with E-state index in [9.17, 15) is 9.59 Å². The molecule has 1 aliphatic rings. The number of ether oxygens (including phenoxy) is 2. The standard InChI is InChI=1S/C19H26O4/c1-12(20)22-11-13-7-8-15-14(9-13)16(10-19(15,5)6)23-17(21)18(2,3)4/h7-9,16H,10-11H2,1-6H3. The Morgan fingerprint density at radius 2 is 1.91 bits per heavy atom. The molecule has 1 atom stereocenters. The van der Waals surface area contributed by atoms with Gasteiger partial charge in [-0.1, -0.05) is 26.0 Å². The number of esters is 2. The summed E-state index contributed by atoms with van der Waals surface area (Å²) in [5.41, 5.74) is 2.56. The van der Waals surface area contributed by atoms with Crippen LogP contribution < -0.4 is 0 Å². The highest BCUT2D eigenvalue weighted by Gasteiger charge is 2.40. The average Bonchev–Trinajstić information content (AvgIpc) is 2.66. The maximum absolute atomic E-state index is 12.2. The van der Waals surface area contributed by atoms with E-state index < -0.39 is 5.41 Å². The van der Waals surface area contributed by atoms with Crippen LogP contribution >= 0.6 is 0 Å². The lowest BCUT2D eigenvalue weighted by Crippen LogP contribution is -2.25. The van der Waals surface area contributed by atoms with Gasteiger partial charge < -0.3 is 9.47 Å². The average molecular weight is 318 g/mol. The number of rotatable bonds is 3. The van der Waals surface area contributed by atoms with Crippen LogP contribution in [0.3, 0.4) is 0 Å². The number of hydrogen-bond acceptors (Lipinski definition) is 4. The molecule has 0 saturated heterocycles. The number of carbonyl (C=O) groups is 2. The van der Waals surface area contributed by atoms with E-state index in [1.807, 2.05) is 32.9 Å². The lowest BCUT2D eigenvalue weighted by Gasteiger charge is -2.22. The van der Waals surface area contributed by atoms with Gasteiger partial charge in [0, 0.05) is 6.92 Å². The van der Waals surface area contributed by atoms with E-state index in [-0.39, 0.29) is 30.1 Å². The molecule has 0 spiro atoms. The van der Waals surface area contributed by atoms with Crippen LogP contribution in [0, 0.1) is 5.41 Å². The molecular formula is C19H26O4. The summed E-state index contributed by atoms with van der Waals surface area (Å²) in [6.45, 7) is 11.5. The summed E-state index contributed by atoms with van der Waals surface area (Å²) >= 11 is 0. The number of carbonyl (C=O) groups excluding carboxylic acids is 2. The fraction of sp³-hybridized carbons (Fsp3) is 0.579. The molecule has 0 amide bonds. The van der Waals surface area contributed by atoms with Gasteiger partial charge in [0.25, 0.3) is 0 Å². The van der Waals surface area contributed by atoms with E-state index >= 15 is 0 Å². The molecule has 0 radical (unpaired) electrons. The van der Waals surface area contributed by atoms with Gasteiger partial charge >= 0.3 is 11.9 Å². The molecule has 23 heavy (non-hydrogen) atoms. The Hall–Kier alpha value is -1.84. The zero-order valence-electron chi connectivity index (χ0n) is 14.9. The summed E-state index contributed by atoms with van der Waals surface area (Å²) < 4.78 is 10.8. The SMILES string of the molecule is CC(=O)OCc1ccc2c(c1)C(OC(=O)C(C)(C)C)CC2(C)C. The van der Waals surface area contributed by atoms with Gasteiger partial charge in [0.1, 0.15) is 12.7 Å². The topological polar surface area (TPSA) is 52.6 Å². The van der Waals surface area contributed by atoms with Crippen molar-refractivity contribution in [2.75, 3.05) is 0 Å². The van der Waals surface area contributed by atoms with Gasteiger partial charge in [0.2, 0.25) is 0 Å². The number of hydrogen-bond donors (Lipinski definition) is 0. The second-order valence-corrected chi connectivity index (χ2v) is 7.93. The van der Waals surface area contributed by atoms with Crippen molar-refractivity contribution in [1.29, 1.82) is 0 Å². The normalized spacial score (nSPS) is 19.1. The number of fused-ring (bicyclic) bond motifs is 1. The molecule has 0 aromatic heterocycles. The molecule has 1 aromatic carbocycles. The monoisotopic (exact) mass is 318 g/mol. The highest BCUT2D eigenvalue weighted by atomic mass is 16.5. The predicted octanol–water partition coefficient (Wildman–Crippen LogP) is 4.06. The summed E-state index contributed by atoms with van der Waals surface area (Å²) in [4.78, 5) is 23.2. The lowest BCUT2D eigenvalue weighted by molar-refractivity contribution is -0.159. The van der Waals surface area contributed by atoms with Crippen LogP contribution in [0.4, 0.5) is 0 Å². The van der Waals surface area contributed by atoms with Crippen molar-refractivity contribution >= 4 is 11.9 Å². The fourth-order valence-corrected chi connectivity index (χ4v) is 2.86. The summed E-state index contributed by atoms with van der Waals surface area (Å²) in [6.07, 6.45) is 0.519. The molecule has 0 aliphatic heterocycles. The molecular weight excluding hydrogens is 292 g/mol. The summed E-state index contributed by atoms with van der Waals surface area (Å²) in [5.74, 6) is -0.502. The van der Waals surface area contributed by atoms with Crippen LogP contribution in [-0.4, -0.2) is 11.9 Å². The Morgan fingerprint density at radius 1 is 1.26 bits per heavy atom. The van der Waals surface area contributed by atoms with Gasteiger partial charge in [-0.25, -0.2) is 0 Å². The third-order valence-electron chi connectivity index (χ3n) is 4.19. The summed E-state index contributed by atoms with van der Waals surface area (Å²) in [5, 5.41) is 0. The smallest absolute Gasteiger partial charge is 0.311 e. The zero-order chi connectivity index (χ0) is 17.4. The van der Waals surface area contributed by atoms with Crippen LogP contribution in [0.5, 0.6) is 0 Å². The predicted molar refractivity (Wildman–Crippen MR) is 87.8 cm³/mol. The quantitative estimate of drug-likeness (QED) is 0.789. The fourth-order valence-electron chi connectivity index (χ4n) is 2.86. The van der Waals surface area contributed by atoms with Crippen molar-refractivity contribution in [2.24, 2.45) is 5.41 Å². The Balaban J connectivity index is 2.28. The minimum Gasteiger partial charge on any atom is -0.461 e. The maximum atomic E-state index is 12.2. The van der Waals surface area contributed by atoms with Gasteiger partial charge in [0.05, 0.1) is 5.41 Å². The van der Waals surface area contributed by atoms with Crippen LogP contribution in [0.15, 0.2) is 18.2 Å². The van der Waals surface area contributed by atoms with Gasteiger partial charge in [-0.15, -0.1) is 0 Å². The van der Waals surface area contributed by atoms with Crippen LogP contribution in [-0.2, 0) is 31.1 Å². The zero-order valence-corrected chi connectivity index (χ0v) is 14.9. The number of benzene rings is 1. The van der Waals surface area contributed by atoms with Gasteiger partial charge in [-0.05, 0) is 55.4 Å². The van der Waals surface area contributed by atoms with Crippen molar-refractivity contribution < 1.29 is 19.1 Å². The van der Waals surface area contributed by atoms with Crippen molar-refractivity contribution in [2.45, 2.75) is 66.1 Å². The molecule has 1 aliphatic carbocycles. The van der Waals surface area contributed by atoms with Crippen LogP contribution in [0.2, 0.25) is 0 Å². The summed E-state index contributed by atoms with van der Waals surface area (Å²) in [6, 6.07) is 6.02. The highest BCUT2D eigenvalue weighted by molar-refractivity contribution is 5.75. The van der Waals surface area contributed by atoms with E-state index in [2.05, 4.69) is 19.9 Å². The Bertz CT molecular complexity index is 623. The van der Waals surface area contributed by atoms with Crippen molar-refractivity contribution in [3.05, 3.63) is 34.9 Å². The van der Waals surface area contributed by atoms with E-state index in [0.717, 1.165) is 17.5 Å². The van der Waals surface area contributed by atoms with E-state index in [1.54, 1.807) is 0 Å². The van der Waals surface area contributed by atoms with Crippen LogP contribution in [0.25, 0.3) is 0 Å². The van der Waals surface area contributed by atoms with Gasteiger partial charge in [0.15, 0.2) is 0 Å². The largest absolute Gasteiger partial charge is 0.461 e. The molecule has 1 aromatic rings. The van der Waals surface area contributed by atoms with E-state index in [1.165, 1.54) is 12.5 Å². The first-order valence-electron chi connectivity index (χ1n) is 7.98. The molecule has 0 heterocycles.